The standard InChI is InChI=1S/C15H25N3O3/c1-11(8-9-20-5)17-12-6-7-13(16-10-12)18-14(19)21-15(2,3)4/h6-7,10-11,17H,8-9H2,1-5H3,(H,16,18,19). The molecule has 1 aromatic heterocycles. The second-order valence-corrected chi connectivity index (χ2v) is 5.89. The van der Waals surface area contributed by atoms with Crippen LogP contribution in [0.3, 0.4) is 0 Å². The van der Waals surface area contributed by atoms with Crippen molar-refractivity contribution in [2.45, 2.75) is 45.8 Å². The fourth-order valence-corrected chi connectivity index (χ4v) is 1.61. The van der Waals surface area contributed by atoms with E-state index in [1.54, 1.807) is 19.4 Å². The van der Waals surface area contributed by atoms with Gasteiger partial charge < -0.3 is 14.8 Å². The Bertz CT molecular complexity index is 440. The van der Waals surface area contributed by atoms with Crippen molar-refractivity contribution in [1.29, 1.82) is 0 Å². The Morgan fingerprint density at radius 1 is 1.38 bits per heavy atom. The van der Waals surface area contributed by atoms with E-state index in [9.17, 15) is 4.79 Å². The largest absolute Gasteiger partial charge is 0.444 e. The van der Waals surface area contributed by atoms with Crippen molar-refractivity contribution in [3.63, 3.8) is 0 Å². The molecule has 21 heavy (non-hydrogen) atoms. The molecule has 6 nitrogen and oxygen atoms in total. The predicted molar refractivity (Wildman–Crippen MR) is 83.7 cm³/mol. The lowest BCUT2D eigenvalue weighted by Gasteiger charge is -2.19. The van der Waals surface area contributed by atoms with E-state index in [0.717, 1.165) is 12.1 Å². The fourth-order valence-electron chi connectivity index (χ4n) is 1.61. The number of aromatic nitrogens is 1. The summed E-state index contributed by atoms with van der Waals surface area (Å²) in [4.78, 5) is 15.8. The molecule has 1 rings (SSSR count). The monoisotopic (exact) mass is 295 g/mol. The van der Waals surface area contributed by atoms with Gasteiger partial charge in [-0.2, -0.15) is 0 Å². The number of pyridine rings is 1. The van der Waals surface area contributed by atoms with Crippen molar-refractivity contribution in [3.05, 3.63) is 18.3 Å². The van der Waals surface area contributed by atoms with Crippen molar-refractivity contribution in [2.24, 2.45) is 0 Å². The van der Waals surface area contributed by atoms with Crippen LogP contribution in [0.1, 0.15) is 34.1 Å². The minimum atomic E-state index is -0.525. The molecule has 0 radical (unpaired) electrons. The van der Waals surface area contributed by atoms with Crippen LogP contribution in [-0.2, 0) is 9.47 Å². The number of nitrogens with one attached hydrogen (secondary N) is 2. The van der Waals surface area contributed by atoms with E-state index in [-0.39, 0.29) is 6.04 Å². The van der Waals surface area contributed by atoms with Gasteiger partial charge in [0.05, 0.1) is 11.9 Å². The van der Waals surface area contributed by atoms with Crippen LogP contribution in [0.15, 0.2) is 18.3 Å². The molecule has 0 aliphatic rings. The summed E-state index contributed by atoms with van der Waals surface area (Å²) < 4.78 is 10.2. The molecule has 118 valence electrons. The van der Waals surface area contributed by atoms with E-state index < -0.39 is 11.7 Å². The van der Waals surface area contributed by atoms with Gasteiger partial charge in [0, 0.05) is 19.8 Å². The maximum absolute atomic E-state index is 11.6. The first-order valence-corrected chi connectivity index (χ1v) is 7.01. The third kappa shape index (κ3) is 7.51. The summed E-state index contributed by atoms with van der Waals surface area (Å²) in [6, 6.07) is 3.88. The highest BCUT2D eigenvalue weighted by atomic mass is 16.6. The van der Waals surface area contributed by atoms with E-state index in [0.29, 0.717) is 12.4 Å². The SMILES string of the molecule is COCCC(C)Nc1ccc(NC(=O)OC(C)(C)C)nc1. The molecule has 6 heteroatoms. The van der Waals surface area contributed by atoms with Gasteiger partial charge in [-0.25, -0.2) is 9.78 Å². The Morgan fingerprint density at radius 2 is 2.10 bits per heavy atom. The van der Waals surface area contributed by atoms with Gasteiger partial charge in [-0.15, -0.1) is 0 Å². The van der Waals surface area contributed by atoms with Crippen molar-refractivity contribution < 1.29 is 14.3 Å². The molecule has 0 saturated carbocycles. The summed E-state index contributed by atoms with van der Waals surface area (Å²) in [5.74, 6) is 0.458. The smallest absolute Gasteiger partial charge is 0.413 e. The second-order valence-electron chi connectivity index (χ2n) is 5.89. The van der Waals surface area contributed by atoms with Gasteiger partial charge in [-0.05, 0) is 46.2 Å². The number of hydrogen-bond donors (Lipinski definition) is 2. The van der Waals surface area contributed by atoms with Crippen molar-refractivity contribution in [1.82, 2.24) is 4.98 Å². The summed E-state index contributed by atoms with van der Waals surface area (Å²) in [6.07, 6.45) is 2.08. The van der Waals surface area contributed by atoms with Crippen molar-refractivity contribution in [3.8, 4) is 0 Å². The van der Waals surface area contributed by atoms with E-state index in [2.05, 4.69) is 22.5 Å². The molecule has 1 aromatic rings. The Labute approximate surface area is 126 Å². The van der Waals surface area contributed by atoms with Crippen molar-refractivity contribution >= 4 is 17.6 Å². The lowest BCUT2D eigenvalue weighted by atomic mass is 10.2. The molecule has 1 unspecified atom stereocenters. The molecular formula is C15H25N3O3. The van der Waals surface area contributed by atoms with E-state index in [1.807, 2.05) is 26.8 Å². The molecule has 0 saturated heterocycles. The molecular weight excluding hydrogens is 270 g/mol. The Morgan fingerprint density at radius 3 is 2.62 bits per heavy atom. The third-order valence-electron chi connectivity index (χ3n) is 2.56. The first-order valence-electron chi connectivity index (χ1n) is 7.01. The summed E-state index contributed by atoms with van der Waals surface area (Å²) >= 11 is 0. The number of anilines is 2. The van der Waals surface area contributed by atoms with Gasteiger partial charge in [0.2, 0.25) is 0 Å². The molecule has 1 heterocycles. The maximum atomic E-state index is 11.6. The second kappa shape index (κ2) is 7.83. The zero-order valence-electron chi connectivity index (χ0n) is 13.4. The van der Waals surface area contributed by atoms with Crippen LogP contribution in [-0.4, -0.2) is 36.4 Å². The fraction of sp³-hybridized carbons (Fsp3) is 0.600. The lowest BCUT2D eigenvalue weighted by molar-refractivity contribution is 0.0635. The highest BCUT2D eigenvalue weighted by Gasteiger charge is 2.16. The zero-order valence-corrected chi connectivity index (χ0v) is 13.4. The summed E-state index contributed by atoms with van der Waals surface area (Å²) in [5.41, 5.74) is 0.371. The average Bonchev–Trinajstić information content (AvgIpc) is 2.36. The highest BCUT2D eigenvalue weighted by Crippen LogP contribution is 2.13. The number of methoxy groups -OCH3 is 1. The first-order chi connectivity index (χ1) is 9.80. The number of carbonyl (C=O) groups excluding carboxylic acids is 1. The highest BCUT2D eigenvalue weighted by molar-refractivity contribution is 5.83. The molecule has 0 bridgehead atoms. The number of rotatable bonds is 6. The minimum Gasteiger partial charge on any atom is -0.444 e. The molecule has 0 aromatic carbocycles. The van der Waals surface area contributed by atoms with Crippen LogP contribution in [0, 0.1) is 0 Å². The van der Waals surface area contributed by atoms with Crippen LogP contribution in [0.2, 0.25) is 0 Å². The summed E-state index contributed by atoms with van der Waals surface area (Å²) in [6.45, 7) is 8.23. The molecule has 1 amide bonds. The number of carbonyl (C=O) groups is 1. The molecule has 0 aliphatic carbocycles. The molecule has 0 fully saturated rings. The predicted octanol–water partition coefficient (Wildman–Crippen LogP) is 3.27. The van der Waals surface area contributed by atoms with E-state index in [1.165, 1.54) is 0 Å². The van der Waals surface area contributed by atoms with Crippen LogP contribution in [0.4, 0.5) is 16.3 Å². The zero-order chi connectivity index (χ0) is 15.9. The van der Waals surface area contributed by atoms with Gasteiger partial charge in [-0.3, -0.25) is 5.32 Å². The third-order valence-corrected chi connectivity index (χ3v) is 2.56. The van der Waals surface area contributed by atoms with Crippen LogP contribution >= 0.6 is 0 Å². The average molecular weight is 295 g/mol. The molecule has 0 aliphatic heterocycles. The number of hydrogen-bond acceptors (Lipinski definition) is 5. The molecule has 0 spiro atoms. The van der Waals surface area contributed by atoms with Gasteiger partial charge >= 0.3 is 6.09 Å². The summed E-state index contributed by atoms with van der Waals surface area (Å²) in [7, 11) is 1.69. The Balaban J connectivity index is 2.48. The van der Waals surface area contributed by atoms with Crippen LogP contribution in [0.5, 0.6) is 0 Å². The van der Waals surface area contributed by atoms with Gasteiger partial charge in [0.15, 0.2) is 0 Å². The topological polar surface area (TPSA) is 72.5 Å². The Kier molecular flexibility index (Phi) is 6.42. The van der Waals surface area contributed by atoms with Crippen molar-refractivity contribution in [2.75, 3.05) is 24.4 Å². The van der Waals surface area contributed by atoms with Gasteiger partial charge in [-0.1, -0.05) is 0 Å². The summed E-state index contributed by atoms with van der Waals surface area (Å²) in [5, 5.41) is 5.90. The molecule has 2 N–H and O–H groups in total. The van der Waals surface area contributed by atoms with Gasteiger partial charge in [0.1, 0.15) is 11.4 Å². The van der Waals surface area contributed by atoms with Crippen LogP contribution in [0.25, 0.3) is 0 Å². The normalized spacial score (nSPS) is 12.6. The number of ether oxygens (including phenoxy) is 2. The van der Waals surface area contributed by atoms with E-state index >= 15 is 0 Å². The quantitative estimate of drug-likeness (QED) is 0.842. The maximum Gasteiger partial charge on any atom is 0.413 e. The number of nitrogens with zero attached hydrogens (tertiary/aromatic N) is 1. The first kappa shape index (κ1) is 17.2. The molecule has 1 atom stereocenters. The lowest BCUT2D eigenvalue weighted by Crippen LogP contribution is -2.27. The Hall–Kier alpha value is -1.82. The van der Waals surface area contributed by atoms with Crippen LogP contribution < -0.4 is 10.6 Å². The minimum absolute atomic E-state index is 0.288. The van der Waals surface area contributed by atoms with Gasteiger partial charge in [0.25, 0.3) is 0 Å². The number of amides is 1. The van der Waals surface area contributed by atoms with E-state index in [4.69, 9.17) is 9.47 Å².